The Labute approximate surface area is 524 Å². The summed E-state index contributed by atoms with van der Waals surface area (Å²) < 4.78 is 68.1. The minimum Gasteiger partial charge on any atom is -0.462 e. The Balaban J connectivity index is 5.24. The molecule has 6 atom stereocenters. The summed E-state index contributed by atoms with van der Waals surface area (Å²) in [5.74, 6) is 0.793. The molecule has 0 amide bonds. The molecule has 0 heterocycles. The van der Waals surface area contributed by atoms with Gasteiger partial charge in [0.2, 0.25) is 0 Å². The highest BCUT2D eigenvalue weighted by Gasteiger charge is 2.30. The van der Waals surface area contributed by atoms with Gasteiger partial charge in [-0.15, -0.1) is 0 Å². The number of aliphatic hydroxyl groups is 1. The monoisotopic (exact) mass is 1270 g/mol. The Hall–Kier alpha value is -1.94. The average Bonchev–Trinajstić information content (AvgIpc) is 3.67. The number of unbranched alkanes of at least 4 members (excludes halogenated alkanes) is 29. The fourth-order valence-electron chi connectivity index (χ4n) is 9.93. The minimum atomic E-state index is -4.95. The van der Waals surface area contributed by atoms with Gasteiger partial charge < -0.3 is 33.8 Å². The SMILES string of the molecule is CCC(C)CCCCCCCCCCC(=O)O[C@H](COC(=O)CCCCCCCCCC(C)C)COP(=O)(O)OC[C@@H](O)COP(=O)(O)OC[C@@H](COC(=O)CCCCCCCCC(C)C)OC(=O)CCCCCCCCCCCCCCC(C)C. The molecule has 0 bridgehead atoms. The normalized spacial score (nSPS) is 14.7. The number of esters is 4. The standard InChI is InChI=1S/C67H130O17P2/c1-9-60(8)46-38-30-21-16-17-23-34-42-50-67(72)84-62(53-77-64(69)47-39-31-24-18-20-28-36-44-58(4)5)55-81-85(73,74)79-51-61(68)52-80-86(75,76)82-56-63(54-78-65(70)48-40-32-26-25-29-37-45-59(6)7)83-66(71)49-41-33-22-15-13-11-10-12-14-19-27-35-43-57(2)3/h57-63,68H,9-56H2,1-8H3,(H,73,74)(H,75,76)/t60?,61-,62-,63-/m1/s1. The zero-order chi connectivity index (χ0) is 63.9. The first kappa shape index (κ1) is 84.1. The molecule has 86 heavy (non-hydrogen) atoms. The molecule has 0 aliphatic carbocycles. The van der Waals surface area contributed by atoms with E-state index in [-0.39, 0.29) is 25.7 Å². The highest BCUT2D eigenvalue weighted by Crippen LogP contribution is 2.45. The second kappa shape index (κ2) is 57.0. The molecule has 3 unspecified atom stereocenters. The van der Waals surface area contributed by atoms with Crippen LogP contribution >= 0.6 is 15.6 Å². The van der Waals surface area contributed by atoms with Gasteiger partial charge in [-0.3, -0.25) is 37.3 Å². The van der Waals surface area contributed by atoms with E-state index in [1.807, 2.05) is 0 Å². The zero-order valence-corrected chi connectivity index (χ0v) is 57.7. The van der Waals surface area contributed by atoms with Crippen LogP contribution in [-0.4, -0.2) is 96.7 Å². The maximum atomic E-state index is 13.0. The van der Waals surface area contributed by atoms with Crippen LogP contribution in [0.3, 0.4) is 0 Å². The smallest absolute Gasteiger partial charge is 0.462 e. The number of hydrogen-bond donors (Lipinski definition) is 3. The van der Waals surface area contributed by atoms with Crippen molar-refractivity contribution in [3.63, 3.8) is 0 Å². The van der Waals surface area contributed by atoms with Crippen molar-refractivity contribution in [1.82, 2.24) is 0 Å². The molecule has 510 valence electrons. The van der Waals surface area contributed by atoms with Crippen molar-refractivity contribution in [2.45, 2.75) is 343 Å². The first-order chi connectivity index (χ1) is 41.1. The predicted molar refractivity (Wildman–Crippen MR) is 344 cm³/mol. The van der Waals surface area contributed by atoms with Gasteiger partial charge in [-0.1, -0.05) is 274 Å². The van der Waals surface area contributed by atoms with Crippen LogP contribution in [0.5, 0.6) is 0 Å². The molecule has 0 aliphatic rings. The van der Waals surface area contributed by atoms with Crippen molar-refractivity contribution in [3.8, 4) is 0 Å². The summed E-state index contributed by atoms with van der Waals surface area (Å²) in [6, 6.07) is 0. The topological polar surface area (TPSA) is 237 Å². The molecule has 0 spiro atoms. The van der Waals surface area contributed by atoms with E-state index in [0.29, 0.717) is 37.5 Å². The molecule has 0 rings (SSSR count). The van der Waals surface area contributed by atoms with Gasteiger partial charge >= 0.3 is 39.5 Å². The molecule has 0 aliphatic heterocycles. The number of carbonyl (C=O) groups excluding carboxylic acids is 4. The number of hydrogen-bond acceptors (Lipinski definition) is 15. The van der Waals surface area contributed by atoms with E-state index in [0.717, 1.165) is 115 Å². The Morgan fingerprint density at radius 1 is 0.326 bits per heavy atom. The lowest BCUT2D eigenvalue weighted by Crippen LogP contribution is -2.30. The number of carbonyl (C=O) groups is 4. The molecule has 0 fully saturated rings. The fourth-order valence-corrected chi connectivity index (χ4v) is 11.5. The quantitative estimate of drug-likeness (QED) is 0.0222. The van der Waals surface area contributed by atoms with Crippen molar-refractivity contribution in [3.05, 3.63) is 0 Å². The minimum absolute atomic E-state index is 0.103. The number of aliphatic hydroxyl groups excluding tert-OH is 1. The van der Waals surface area contributed by atoms with E-state index in [4.69, 9.17) is 37.0 Å². The van der Waals surface area contributed by atoms with Crippen molar-refractivity contribution >= 4 is 39.5 Å². The first-order valence-corrected chi connectivity index (χ1v) is 37.7. The van der Waals surface area contributed by atoms with Crippen molar-refractivity contribution < 1.29 is 80.2 Å². The van der Waals surface area contributed by atoms with Crippen molar-refractivity contribution in [2.75, 3.05) is 39.6 Å². The lowest BCUT2D eigenvalue weighted by molar-refractivity contribution is -0.161. The molecule has 17 nitrogen and oxygen atoms in total. The third-order valence-corrected chi connectivity index (χ3v) is 17.6. The third-order valence-electron chi connectivity index (χ3n) is 15.7. The molecule has 0 aromatic carbocycles. The summed E-state index contributed by atoms with van der Waals surface area (Å²) in [6.45, 7) is 14.0. The van der Waals surface area contributed by atoms with E-state index in [1.165, 1.54) is 116 Å². The van der Waals surface area contributed by atoms with Gasteiger partial charge in [-0.05, 0) is 49.4 Å². The summed E-state index contributed by atoms with van der Waals surface area (Å²) in [4.78, 5) is 72.3. The Bertz CT molecular complexity index is 1720. The van der Waals surface area contributed by atoms with Crippen molar-refractivity contribution in [1.29, 1.82) is 0 Å². The van der Waals surface area contributed by atoms with Crippen LogP contribution in [0.1, 0.15) is 325 Å². The highest BCUT2D eigenvalue weighted by molar-refractivity contribution is 7.47. The maximum absolute atomic E-state index is 13.0. The lowest BCUT2D eigenvalue weighted by Gasteiger charge is -2.21. The van der Waals surface area contributed by atoms with Gasteiger partial charge in [0, 0.05) is 25.7 Å². The van der Waals surface area contributed by atoms with Crippen LogP contribution in [0.2, 0.25) is 0 Å². The van der Waals surface area contributed by atoms with E-state index in [2.05, 4.69) is 55.4 Å². The summed E-state index contributed by atoms with van der Waals surface area (Å²) in [5.41, 5.74) is 0. The largest absolute Gasteiger partial charge is 0.472 e. The number of phosphoric acid groups is 2. The average molecular weight is 1270 g/mol. The Morgan fingerprint density at radius 2 is 0.558 bits per heavy atom. The number of rotatable bonds is 64. The van der Waals surface area contributed by atoms with Crippen LogP contribution in [0.4, 0.5) is 0 Å². The summed E-state index contributed by atoms with van der Waals surface area (Å²) in [7, 11) is -9.90. The zero-order valence-electron chi connectivity index (χ0n) is 55.9. The van der Waals surface area contributed by atoms with Crippen LogP contribution in [0, 0.1) is 23.7 Å². The second-order valence-corrected chi connectivity index (χ2v) is 28.8. The van der Waals surface area contributed by atoms with Gasteiger partial charge in [-0.2, -0.15) is 0 Å². The predicted octanol–water partition coefficient (Wildman–Crippen LogP) is 18.5. The van der Waals surface area contributed by atoms with Gasteiger partial charge in [0.15, 0.2) is 12.2 Å². The molecule has 0 aromatic rings. The molecule has 0 saturated heterocycles. The van der Waals surface area contributed by atoms with Gasteiger partial charge in [0.05, 0.1) is 26.4 Å². The molecule has 0 saturated carbocycles. The second-order valence-electron chi connectivity index (χ2n) is 25.9. The molecule has 19 heteroatoms. The Morgan fingerprint density at radius 3 is 0.826 bits per heavy atom. The van der Waals surface area contributed by atoms with Crippen LogP contribution in [-0.2, 0) is 65.4 Å². The molecule has 0 radical (unpaired) electrons. The summed E-state index contributed by atoms with van der Waals surface area (Å²) in [5, 5.41) is 10.6. The van der Waals surface area contributed by atoms with E-state index >= 15 is 0 Å². The van der Waals surface area contributed by atoms with Crippen LogP contribution < -0.4 is 0 Å². The van der Waals surface area contributed by atoms with E-state index < -0.39 is 97.5 Å². The number of phosphoric ester groups is 2. The van der Waals surface area contributed by atoms with Gasteiger partial charge in [0.1, 0.15) is 19.3 Å². The van der Waals surface area contributed by atoms with Crippen LogP contribution in [0.25, 0.3) is 0 Å². The molecular formula is C67H130O17P2. The van der Waals surface area contributed by atoms with Crippen molar-refractivity contribution in [2.24, 2.45) is 23.7 Å². The first-order valence-electron chi connectivity index (χ1n) is 34.7. The Kier molecular flexibility index (Phi) is 55.7. The summed E-state index contributed by atoms with van der Waals surface area (Å²) >= 11 is 0. The van der Waals surface area contributed by atoms with Crippen LogP contribution in [0.15, 0.2) is 0 Å². The molecule has 3 N–H and O–H groups in total. The van der Waals surface area contributed by atoms with E-state index in [1.54, 1.807) is 0 Å². The molecule has 0 aromatic heterocycles. The van der Waals surface area contributed by atoms with Gasteiger partial charge in [-0.25, -0.2) is 9.13 Å². The third kappa shape index (κ3) is 59.7. The summed E-state index contributed by atoms with van der Waals surface area (Å²) in [6.07, 6.45) is 37.7. The maximum Gasteiger partial charge on any atom is 0.472 e. The lowest BCUT2D eigenvalue weighted by atomic mass is 9.99. The van der Waals surface area contributed by atoms with E-state index in [9.17, 15) is 43.2 Å². The fraction of sp³-hybridized carbons (Fsp3) is 0.940. The van der Waals surface area contributed by atoms with Gasteiger partial charge in [0.25, 0.3) is 0 Å². The molecular weight excluding hydrogens is 1140 g/mol. The highest BCUT2D eigenvalue weighted by atomic mass is 31.2. The number of ether oxygens (including phenoxy) is 4.